The number of fused-ring (bicyclic) bond motifs is 3. The van der Waals surface area contributed by atoms with E-state index in [-0.39, 0.29) is 17.3 Å². The molecule has 0 bridgehead atoms. The van der Waals surface area contributed by atoms with E-state index in [1.54, 1.807) is 0 Å². The minimum Gasteiger partial charge on any atom is -0.462 e. The van der Waals surface area contributed by atoms with Gasteiger partial charge in [-0.1, -0.05) is 44.9 Å². The number of rotatable bonds is 6. The lowest BCUT2D eigenvalue weighted by molar-refractivity contribution is -0.171. The van der Waals surface area contributed by atoms with Gasteiger partial charge in [-0.25, -0.2) is 0 Å². The number of aliphatic hydroxyl groups is 1. The Bertz CT molecular complexity index is 842. The fourth-order valence-electron chi connectivity index (χ4n) is 6.22. The molecule has 6 nitrogen and oxygen atoms in total. The maximum atomic E-state index is 13.1. The number of hydrogen-bond acceptors (Lipinski definition) is 5. The van der Waals surface area contributed by atoms with Gasteiger partial charge in [-0.15, -0.1) is 0 Å². The first-order valence-electron chi connectivity index (χ1n) is 11.1. The van der Waals surface area contributed by atoms with E-state index < -0.39 is 34.0 Å². The Hall–Kier alpha value is -1.18. The number of aliphatic hydroxyl groups excluding tert-OH is 1. The lowest BCUT2D eigenvalue weighted by Crippen LogP contribution is -2.53. The standard InChI is InChI=1S/C23H36O6S/c1-15(2)16-6-8-19-17(12-16)7-9-20-22(19,3)10-5-11-23(20,4)21(25)29-13-18(24)14-30(26,27)28/h7,12,15,18-20,24H,5-6,8-11,13-14H2,1-4H3,(H,26,27,28)/t18?,19?,20?,22-,23-/m0/s1. The van der Waals surface area contributed by atoms with Gasteiger partial charge < -0.3 is 9.84 Å². The summed E-state index contributed by atoms with van der Waals surface area (Å²) in [6.07, 6.45) is 9.05. The maximum absolute atomic E-state index is 13.1. The summed E-state index contributed by atoms with van der Waals surface area (Å²) in [5.74, 6) is -0.0716. The predicted octanol–water partition coefficient (Wildman–Crippen LogP) is 3.91. The number of ether oxygens (including phenoxy) is 1. The van der Waals surface area contributed by atoms with Crippen LogP contribution in [0.3, 0.4) is 0 Å². The molecule has 1 saturated carbocycles. The quantitative estimate of drug-likeness (QED) is 0.480. The minimum absolute atomic E-state index is 0.0160. The second kappa shape index (κ2) is 8.40. The highest BCUT2D eigenvalue weighted by atomic mass is 32.2. The van der Waals surface area contributed by atoms with Crippen molar-refractivity contribution in [3.05, 3.63) is 23.3 Å². The van der Waals surface area contributed by atoms with Crippen molar-refractivity contribution < 1.29 is 27.6 Å². The number of allylic oxidation sites excluding steroid dienone is 4. The highest BCUT2D eigenvalue weighted by Crippen LogP contribution is 2.62. The first kappa shape index (κ1) is 23.5. The highest BCUT2D eigenvalue weighted by molar-refractivity contribution is 7.85. The van der Waals surface area contributed by atoms with Crippen molar-refractivity contribution in [2.24, 2.45) is 28.6 Å². The summed E-state index contributed by atoms with van der Waals surface area (Å²) < 4.78 is 36.1. The third-order valence-electron chi connectivity index (χ3n) is 7.86. The van der Waals surface area contributed by atoms with E-state index in [0.717, 1.165) is 38.5 Å². The number of carbonyl (C=O) groups is 1. The van der Waals surface area contributed by atoms with Crippen molar-refractivity contribution >= 4 is 16.1 Å². The molecule has 30 heavy (non-hydrogen) atoms. The Morgan fingerprint density at radius 2 is 2.00 bits per heavy atom. The van der Waals surface area contributed by atoms with Crippen molar-refractivity contribution in [2.45, 2.75) is 72.3 Å². The van der Waals surface area contributed by atoms with E-state index in [4.69, 9.17) is 9.29 Å². The molecule has 0 radical (unpaired) electrons. The van der Waals surface area contributed by atoms with Crippen LogP contribution in [0.2, 0.25) is 0 Å². The molecule has 3 unspecified atom stereocenters. The zero-order valence-corrected chi connectivity index (χ0v) is 19.4. The van der Waals surface area contributed by atoms with Crippen LogP contribution in [0.4, 0.5) is 0 Å². The van der Waals surface area contributed by atoms with Crippen molar-refractivity contribution in [2.75, 3.05) is 12.4 Å². The number of hydrogen-bond donors (Lipinski definition) is 2. The molecule has 0 spiro atoms. The largest absolute Gasteiger partial charge is 0.462 e. The van der Waals surface area contributed by atoms with Crippen LogP contribution in [0.1, 0.15) is 66.2 Å². The van der Waals surface area contributed by atoms with Crippen LogP contribution >= 0.6 is 0 Å². The molecule has 0 saturated heterocycles. The fraction of sp³-hybridized carbons (Fsp3) is 0.783. The third-order valence-corrected chi connectivity index (χ3v) is 8.66. The smallest absolute Gasteiger partial charge is 0.312 e. The Morgan fingerprint density at radius 1 is 1.30 bits per heavy atom. The van der Waals surface area contributed by atoms with Gasteiger partial charge in [0.25, 0.3) is 10.1 Å². The Morgan fingerprint density at radius 3 is 2.63 bits per heavy atom. The topological polar surface area (TPSA) is 101 Å². The molecule has 1 fully saturated rings. The molecule has 0 heterocycles. The highest BCUT2D eigenvalue weighted by Gasteiger charge is 2.57. The van der Waals surface area contributed by atoms with E-state index in [0.29, 0.717) is 11.8 Å². The Labute approximate surface area is 180 Å². The second-order valence-electron chi connectivity index (χ2n) is 10.2. The van der Waals surface area contributed by atoms with Gasteiger partial charge in [0, 0.05) is 0 Å². The van der Waals surface area contributed by atoms with E-state index in [2.05, 4.69) is 32.9 Å². The van der Waals surface area contributed by atoms with Gasteiger partial charge in [-0.2, -0.15) is 8.42 Å². The minimum atomic E-state index is -4.32. The molecule has 0 aromatic rings. The van der Waals surface area contributed by atoms with Crippen LogP contribution in [-0.4, -0.2) is 42.5 Å². The van der Waals surface area contributed by atoms with Crippen molar-refractivity contribution in [1.29, 1.82) is 0 Å². The van der Waals surface area contributed by atoms with Crippen LogP contribution < -0.4 is 0 Å². The summed E-state index contributed by atoms with van der Waals surface area (Å²) in [5, 5.41) is 9.79. The van der Waals surface area contributed by atoms with Gasteiger partial charge in [-0.3, -0.25) is 9.35 Å². The number of esters is 1. The Kier molecular flexibility index (Phi) is 6.57. The Balaban J connectivity index is 1.79. The van der Waals surface area contributed by atoms with Gasteiger partial charge in [0.05, 0.1) is 5.41 Å². The molecule has 0 amide bonds. The normalized spacial score (nSPS) is 35.0. The molecule has 3 rings (SSSR count). The molecule has 170 valence electrons. The monoisotopic (exact) mass is 440 g/mol. The molecule has 3 aliphatic carbocycles. The van der Waals surface area contributed by atoms with Gasteiger partial charge in [0.1, 0.15) is 18.5 Å². The van der Waals surface area contributed by atoms with Crippen LogP contribution in [0.15, 0.2) is 23.3 Å². The average Bonchev–Trinajstić information content (AvgIpc) is 2.64. The van der Waals surface area contributed by atoms with Gasteiger partial charge >= 0.3 is 5.97 Å². The summed E-state index contributed by atoms with van der Waals surface area (Å²) in [6, 6.07) is 0. The molecule has 3 aliphatic rings. The SMILES string of the molecule is CC(C)C1=CC2=CCC3[C@@](C)(CCC[C@]3(C)C(=O)OCC(O)CS(=O)(=O)O)C2CC1. The molecular weight excluding hydrogens is 404 g/mol. The van der Waals surface area contributed by atoms with E-state index in [9.17, 15) is 18.3 Å². The van der Waals surface area contributed by atoms with Crippen LogP contribution in [-0.2, 0) is 19.6 Å². The number of carbonyl (C=O) groups excluding carboxylic acids is 1. The summed E-state index contributed by atoms with van der Waals surface area (Å²) in [7, 11) is -4.32. The van der Waals surface area contributed by atoms with Crippen LogP contribution in [0.5, 0.6) is 0 Å². The molecule has 0 aromatic heterocycles. The lowest BCUT2D eigenvalue weighted by Gasteiger charge is -2.57. The molecular formula is C23H36O6S. The second-order valence-corrected chi connectivity index (χ2v) is 11.7. The average molecular weight is 441 g/mol. The molecule has 5 atom stereocenters. The molecule has 2 N–H and O–H groups in total. The van der Waals surface area contributed by atoms with Crippen LogP contribution in [0.25, 0.3) is 0 Å². The van der Waals surface area contributed by atoms with Crippen molar-refractivity contribution in [1.82, 2.24) is 0 Å². The summed E-state index contributed by atoms with van der Waals surface area (Å²) in [6.45, 7) is 8.34. The summed E-state index contributed by atoms with van der Waals surface area (Å²) >= 11 is 0. The van der Waals surface area contributed by atoms with Gasteiger partial charge in [0.15, 0.2) is 0 Å². The summed E-state index contributed by atoms with van der Waals surface area (Å²) in [5.41, 5.74) is 2.27. The van der Waals surface area contributed by atoms with E-state index >= 15 is 0 Å². The zero-order chi connectivity index (χ0) is 22.3. The maximum Gasteiger partial charge on any atom is 0.312 e. The third kappa shape index (κ3) is 4.53. The van der Waals surface area contributed by atoms with Crippen molar-refractivity contribution in [3.8, 4) is 0 Å². The first-order chi connectivity index (χ1) is 13.9. The van der Waals surface area contributed by atoms with Crippen LogP contribution in [0, 0.1) is 28.6 Å². The molecule has 0 aliphatic heterocycles. The predicted molar refractivity (Wildman–Crippen MR) is 115 cm³/mol. The zero-order valence-electron chi connectivity index (χ0n) is 18.6. The van der Waals surface area contributed by atoms with Gasteiger partial charge in [-0.05, 0) is 67.8 Å². The van der Waals surface area contributed by atoms with E-state index in [1.165, 1.54) is 11.1 Å². The molecule has 7 heteroatoms. The molecule has 0 aromatic carbocycles. The fourth-order valence-corrected chi connectivity index (χ4v) is 6.80. The lowest BCUT2D eigenvalue weighted by atomic mass is 9.47. The summed E-state index contributed by atoms with van der Waals surface area (Å²) in [4.78, 5) is 13.1. The van der Waals surface area contributed by atoms with Gasteiger partial charge in [0.2, 0.25) is 0 Å². The van der Waals surface area contributed by atoms with Crippen molar-refractivity contribution in [3.63, 3.8) is 0 Å². The van der Waals surface area contributed by atoms with E-state index in [1.807, 2.05) is 6.92 Å². The first-order valence-corrected chi connectivity index (χ1v) is 12.7.